The average molecular weight is 450 g/mol. The van der Waals surface area contributed by atoms with Crippen molar-refractivity contribution in [2.45, 2.75) is 6.04 Å². The van der Waals surface area contributed by atoms with Crippen LogP contribution in [0.3, 0.4) is 0 Å². The molecule has 3 aromatic rings. The normalized spacial score (nSPS) is 14.8. The number of benzene rings is 3. The van der Waals surface area contributed by atoms with Gasteiger partial charge in [-0.05, 0) is 35.4 Å². The molecular formula is C24H24BrN3O. The smallest absolute Gasteiger partial charge is 0.321 e. The molecule has 0 atom stereocenters. The lowest BCUT2D eigenvalue weighted by atomic mass is 9.96. The average Bonchev–Trinajstić information content (AvgIpc) is 2.77. The maximum absolute atomic E-state index is 12.7. The first kappa shape index (κ1) is 19.7. The number of hydrogen-bond donors (Lipinski definition) is 1. The van der Waals surface area contributed by atoms with Gasteiger partial charge in [-0.15, -0.1) is 0 Å². The summed E-state index contributed by atoms with van der Waals surface area (Å²) in [4.78, 5) is 17.0. The Bertz CT molecular complexity index is 884. The van der Waals surface area contributed by atoms with Gasteiger partial charge in [-0.3, -0.25) is 4.90 Å². The Labute approximate surface area is 180 Å². The maximum Gasteiger partial charge on any atom is 0.321 e. The summed E-state index contributed by atoms with van der Waals surface area (Å²) in [5, 5.41) is 2.99. The van der Waals surface area contributed by atoms with Crippen molar-refractivity contribution in [2.24, 2.45) is 0 Å². The van der Waals surface area contributed by atoms with Crippen LogP contribution in [0.25, 0.3) is 0 Å². The Hall–Kier alpha value is -2.63. The molecular weight excluding hydrogens is 426 g/mol. The van der Waals surface area contributed by atoms with E-state index in [0.717, 1.165) is 23.2 Å². The van der Waals surface area contributed by atoms with Gasteiger partial charge in [0.25, 0.3) is 0 Å². The predicted octanol–water partition coefficient (Wildman–Crippen LogP) is 5.39. The summed E-state index contributed by atoms with van der Waals surface area (Å²) in [6.45, 7) is 3.08. The van der Waals surface area contributed by atoms with Crippen LogP contribution in [0.4, 0.5) is 10.5 Å². The van der Waals surface area contributed by atoms with Gasteiger partial charge < -0.3 is 10.2 Å². The molecule has 0 saturated carbocycles. The highest BCUT2D eigenvalue weighted by Crippen LogP contribution is 2.29. The molecule has 4 rings (SSSR count). The third kappa shape index (κ3) is 4.86. The van der Waals surface area contributed by atoms with Gasteiger partial charge in [-0.25, -0.2) is 4.79 Å². The van der Waals surface area contributed by atoms with E-state index < -0.39 is 0 Å². The fourth-order valence-electron chi connectivity index (χ4n) is 3.80. The Kier molecular flexibility index (Phi) is 6.27. The van der Waals surface area contributed by atoms with E-state index in [4.69, 9.17) is 0 Å². The molecule has 1 saturated heterocycles. The zero-order valence-electron chi connectivity index (χ0n) is 16.2. The monoisotopic (exact) mass is 449 g/mol. The number of carbonyl (C=O) groups excluding carboxylic acids is 1. The van der Waals surface area contributed by atoms with Crippen molar-refractivity contribution in [2.75, 3.05) is 31.5 Å². The van der Waals surface area contributed by atoms with E-state index in [1.807, 2.05) is 29.2 Å². The van der Waals surface area contributed by atoms with Gasteiger partial charge in [0.05, 0.1) is 6.04 Å². The summed E-state index contributed by atoms with van der Waals surface area (Å²) in [7, 11) is 0. The number of rotatable bonds is 4. The number of amides is 2. The quantitative estimate of drug-likeness (QED) is 0.579. The number of nitrogens with one attached hydrogen (secondary N) is 1. The van der Waals surface area contributed by atoms with Crippen LogP contribution in [-0.2, 0) is 0 Å². The first-order valence-corrected chi connectivity index (χ1v) is 10.7. The lowest BCUT2D eigenvalue weighted by Crippen LogP contribution is -2.51. The van der Waals surface area contributed by atoms with Crippen molar-refractivity contribution < 1.29 is 4.79 Å². The number of hydrogen-bond acceptors (Lipinski definition) is 2. The fraction of sp³-hybridized carbons (Fsp3) is 0.208. The minimum atomic E-state index is -0.0389. The fourth-order valence-corrected chi connectivity index (χ4v) is 4.07. The highest BCUT2D eigenvalue weighted by atomic mass is 79.9. The minimum Gasteiger partial charge on any atom is -0.322 e. The van der Waals surface area contributed by atoms with Crippen LogP contribution in [0.5, 0.6) is 0 Å². The van der Waals surface area contributed by atoms with E-state index in [-0.39, 0.29) is 12.1 Å². The molecule has 1 N–H and O–H groups in total. The maximum atomic E-state index is 12.7. The van der Waals surface area contributed by atoms with Crippen LogP contribution in [0.1, 0.15) is 17.2 Å². The summed E-state index contributed by atoms with van der Waals surface area (Å²) in [6.07, 6.45) is 0. The number of nitrogens with zero attached hydrogens (tertiary/aromatic N) is 2. The second-order valence-corrected chi connectivity index (χ2v) is 8.10. The van der Waals surface area contributed by atoms with Crippen molar-refractivity contribution in [1.82, 2.24) is 9.80 Å². The Morgan fingerprint density at radius 2 is 1.28 bits per heavy atom. The third-order valence-corrected chi connectivity index (χ3v) is 5.82. The third-order valence-electron chi connectivity index (χ3n) is 5.29. The van der Waals surface area contributed by atoms with Crippen molar-refractivity contribution in [3.63, 3.8) is 0 Å². The van der Waals surface area contributed by atoms with E-state index in [9.17, 15) is 4.79 Å². The number of carbonyl (C=O) groups is 1. The van der Waals surface area contributed by atoms with Crippen LogP contribution >= 0.6 is 15.9 Å². The van der Waals surface area contributed by atoms with E-state index in [1.165, 1.54) is 11.1 Å². The van der Waals surface area contributed by atoms with Crippen molar-refractivity contribution in [1.29, 1.82) is 0 Å². The highest BCUT2D eigenvalue weighted by molar-refractivity contribution is 9.10. The van der Waals surface area contributed by atoms with Crippen LogP contribution in [0.2, 0.25) is 0 Å². The Morgan fingerprint density at radius 3 is 1.79 bits per heavy atom. The summed E-state index contributed by atoms with van der Waals surface area (Å²) >= 11 is 3.42. The molecule has 0 aromatic heterocycles. The molecule has 1 aliphatic rings. The second-order valence-electron chi connectivity index (χ2n) is 7.18. The molecule has 1 aliphatic heterocycles. The standard InChI is InChI=1S/C24H24BrN3O/c25-21-11-13-22(14-12-21)26-24(29)28-17-15-27(16-18-28)23(19-7-3-1-4-8-19)20-9-5-2-6-10-20/h1-14,23H,15-18H2,(H,26,29). The van der Waals surface area contributed by atoms with Crippen LogP contribution in [0.15, 0.2) is 89.4 Å². The van der Waals surface area contributed by atoms with Crippen molar-refractivity contribution in [3.05, 3.63) is 101 Å². The molecule has 1 heterocycles. The van der Waals surface area contributed by atoms with Crippen LogP contribution in [-0.4, -0.2) is 42.0 Å². The topological polar surface area (TPSA) is 35.6 Å². The van der Waals surface area contributed by atoms with E-state index >= 15 is 0 Å². The number of urea groups is 1. The highest BCUT2D eigenvalue weighted by Gasteiger charge is 2.28. The molecule has 0 aliphatic carbocycles. The van der Waals surface area contributed by atoms with Crippen molar-refractivity contribution in [3.8, 4) is 0 Å². The van der Waals surface area contributed by atoms with Crippen molar-refractivity contribution >= 4 is 27.6 Å². The summed E-state index contributed by atoms with van der Waals surface area (Å²) < 4.78 is 0.997. The second kappa shape index (κ2) is 9.25. The van der Waals surface area contributed by atoms with Gasteiger partial charge in [0.15, 0.2) is 0 Å². The Morgan fingerprint density at radius 1 is 0.759 bits per heavy atom. The molecule has 0 bridgehead atoms. The van der Waals surface area contributed by atoms with E-state index in [0.29, 0.717) is 13.1 Å². The summed E-state index contributed by atoms with van der Waals surface area (Å²) in [5.41, 5.74) is 3.38. The number of piperazine rings is 1. The molecule has 0 spiro atoms. The minimum absolute atomic E-state index is 0.0389. The van der Waals surface area contributed by atoms with Gasteiger partial charge in [0, 0.05) is 36.3 Å². The first-order chi connectivity index (χ1) is 14.2. The lowest BCUT2D eigenvalue weighted by molar-refractivity contribution is 0.126. The molecule has 5 heteroatoms. The molecule has 29 heavy (non-hydrogen) atoms. The van der Waals surface area contributed by atoms with Gasteiger partial charge >= 0.3 is 6.03 Å². The first-order valence-electron chi connectivity index (χ1n) is 9.86. The molecule has 148 valence electrons. The van der Waals surface area contributed by atoms with E-state index in [2.05, 4.69) is 86.8 Å². The van der Waals surface area contributed by atoms with Gasteiger partial charge in [-0.2, -0.15) is 0 Å². The SMILES string of the molecule is O=C(Nc1ccc(Br)cc1)N1CCN(C(c2ccccc2)c2ccccc2)CC1. The van der Waals surface area contributed by atoms with Gasteiger partial charge in [0.2, 0.25) is 0 Å². The molecule has 3 aromatic carbocycles. The number of halogens is 1. The van der Waals surface area contributed by atoms with Crippen LogP contribution < -0.4 is 5.32 Å². The van der Waals surface area contributed by atoms with Crippen LogP contribution in [0, 0.1) is 0 Å². The van der Waals surface area contributed by atoms with Gasteiger partial charge in [-0.1, -0.05) is 76.6 Å². The molecule has 0 unspecified atom stereocenters. The molecule has 2 amide bonds. The molecule has 4 nitrogen and oxygen atoms in total. The predicted molar refractivity (Wildman–Crippen MR) is 121 cm³/mol. The molecule has 0 radical (unpaired) electrons. The zero-order chi connectivity index (χ0) is 20.1. The molecule has 1 fully saturated rings. The zero-order valence-corrected chi connectivity index (χ0v) is 17.8. The largest absolute Gasteiger partial charge is 0.322 e. The Balaban J connectivity index is 1.44. The lowest BCUT2D eigenvalue weighted by Gasteiger charge is -2.39. The van der Waals surface area contributed by atoms with Gasteiger partial charge in [0.1, 0.15) is 0 Å². The number of anilines is 1. The summed E-state index contributed by atoms with van der Waals surface area (Å²) in [6, 6.07) is 29.0. The van der Waals surface area contributed by atoms with E-state index in [1.54, 1.807) is 0 Å². The summed E-state index contributed by atoms with van der Waals surface area (Å²) in [5.74, 6) is 0.